The minimum atomic E-state index is -1.02. The second-order valence-electron chi connectivity index (χ2n) is 3.81. The van der Waals surface area contributed by atoms with Crippen molar-refractivity contribution in [3.05, 3.63) is 64.0 Å². The fourth-order valence-electron chi connectivity index (χ4n) is 1.63. The number of nitro groups is 1. The highest BCUT2D eigenvalue weighted by Gasteiger charge is 2.22. The molecule has 6 nitrogen and oxygen atoms in total. The predicted molar refractivity (Wildman–Crippen MR) is 68.1 cm³/mol. The Hall–Kier alpha value is -2.96. The van der Waals surface area contributed by atoms with Crippen molar-refractivity contribution in [3.8, 4) is 11.5 Å². The molecule has 0 heterocycles. The van der Waals surface area contributed by atoms with Gasteiger partial charge in [-0.15, -0.1) is 0 Å². The van der Waals surface area contributed by atoms with Gasteiger partial charge < -0.3 is 10.5 Å². The number of rotatable bonds is 4. The third kappa shape index (κ3) is 2.56. The van der Waals surface area contributed by atoms with Crippen LogP contribution < -0.4 is 10.5 Å². The molecule has 0 aliphatic rings. The summed E-state index contributed by atoms with van der Waals surface area (Å²) in [5, 5.41) is 10.8. The van der Waals surface area contributed by atoms with Gasteiger partial charge in [0.25, 0.3) is 5.91 Å². The lowest BCUT2D eigenvalue weighted by atomic mass is 10.2. The molecule has 0 atom stereocenters. The fraction of sp³-hybridized carbons (Fsp3) is 0. The molecule has 0 saturated heterocycles. The monoisotopic (exact) mass is 276 g/mol. The summed E-state index contributed by atoms with van der Waals surface area (Å²) in [5.41, 5.74) is 4.42. The van der Waals surface area contributed by atoms with E-state index in [-0.39, 0.29) is 17.1 Å². The number of carbonyl (C=O) groups is 1. The van der Waals surface area contributed by atoms with Crippen LogP contribution in [0.2, 0.25) is 0 Å². The standard InChI is InChI=1S/C13H9FN2O4/c14-9-5-3-7-11(12(9)16(18)19)20-10-6-2-1-4-8(10)13(15)17/h1-7H,(H2,15,17). The number of hydrogen-bond acceptors (Lipinski definition) is 4. The molecule has 1 amide bonds. The van der Waals surface area contributed by atoms with Crippen LogP contribution >= 0.6 is 0 Å². The van der Waals surface area contributed by atoms with Crippen LogP contribution in [0.25, 0.3) is 0 Å². The molecular formula is C13H9FN2O4. The van der Waals surface area contributed by atoms with Gasteiger partial charge >= 0.3 is 5.69 Å². The van der Waals surface area contributed by atoms with E-state index in [4.69, 9.17) is 10.5 Å². The summed E-state index contributed by atoms with van der Waals surface area (Å²) in [4.78, 5) is 21.2. The van der Waals surface area contributed by atoms with Gasteiger partial charge in [0.1, 0.15) is 5.75 Å². The zero-order chi connectivity index (χ0) is 14.7. The Morgan fingerprint density at radius 2 is 1.80 bits per heavy atom. The van der Waals surface area contributed by atoms with E-state index in [0.29, 0.717) is 0 Å². The zero-order valence-electron chi connectivity index (χ0n) is 10.1. The van der Waals surface area contributed by atoms with Gasteiger partial charge in [0.05, 0.1) is 10.5 Å². The van der Waals surface area contributed by atoms with Crippen molar-refractivity contribution in [2.24, 2.45) is 5.73 Å². The Morgan fingerprint density at radius 1 is 1.15 bits per heavy atom. The predicted octanol–water partition coefficient (Wildman–Crippen LogP) is 2.63. The lowest BCUT2D eigenvalue weighted by Crippen LogP contribution is -2.12. The number of para-hydroxylation sites is 2. The van der Waals surface area contributed by atoms with Gasteiger partial charge in [0.2, 0.25) is 11.6 Å². The van der Waals surface area contributed by atoms with Gasteiger partial charge in [-0.3, -0.25) is 14.9 Å². The average Bonchev–Trinajstić information content (AvgIpc) is 2.38. The van der Waals surface area contributed by atoms with E-state index in [9.17, 15) is 19.3 Å². The first kappa shape index (κ1) is 13.5. The Morgan fingerprint density at radius 3 is 2.45 bits per heavy atom. The summed E-state index contributed by atoms with van der Waals surface area (Å²) in [5.74, 6) is -2.05. The number of nitro benzene ring substituents is 1. The number of amides is 1. The Labute approximate surface area is 112 Å². The van der Waals surface area contributed by atoms with E-state index in [0.717, 1.165) is 6.07 Å². The molecule has 2 aromatic carbocycles. The maximum atomic E-state index is 13.4. The van der Waals surface area contributed by atoms with Crippen LogP contribution in [0.5, 0.6) is 11.5 Å². The van der Waals surface area contributed by atoms with Crippen molar-refractivity contribution in [1.82, 2.24) is 0 Å². The number of ether oxygens (including phenoxy) is 1. The van der Waals surface area contributed by atoms with Crippen LogP contribution in [-0.4, -0.2) is 10.8 Å². The Bertz CT molecular complexity index is 688. The van der Waals surface area contributed by atoms with E-state index >= 15 is 0 Å². The normalized spacial score (nSPS) is 10.1. The van der Waals surface area contributed by atoms with Gasteiger partial charge in [-0.1, -0.05) is 18.2 Å². The van der Waals surface area contributed by atoms with Crippen LogP contribution in [0.1, 0.15) is 10.4 Å². The molecule has 0 bridgehead atoms. The molecular weight excluding hydrogens is 267 g/mol. The first-order valence-corrected chi connectivity index (χ1v) is 5.50. The van der Waals surface area contributed by atoms with Gasteiger partial charge in [0.15, 0.2) is 0 Å². The van der Waals surface area contributed by atoms with Crippen molar-refractivity contribution >= 4 is 11.6 Å². The molecule has 0 saturated carbocycles. The Kier molecular flexibility index (Phi) is 3.60. The van der Waals surface area contributed by atoms with Crippen molar-refractivity contribution < 1.29 is 18.8 Å². The van der Waals surface area contributed by atoms with Crippen molar-refractivity contribution in [1.29, 1.82) is 0 Å². The van der Waals surface area contributed by atoms with Crippen LogP contribution in [-0.2, 0) is 0 Å². The second-order valence-corrected chi connectivity index (χ2v) is 3.81. The SMILES string of the molecule is NC(=O)c1ccccc1Oc1cccc(F)c1[N+](=O)[O-]. The number of primary amides is 1. The molecule has 0 spiro atoms. The molecule has 2 rings (SSSR count). The Balaban J connectivity index is 2.49. The van der Waals surface area contributed by atoms with Crippen LogP contribution in [0.15, 0.2) is 42.5 Å². The number of nitrogens with zero attached hydrogens (tertiary/aromatic N) is 1. The van der Waals surface area contributed by atoms with E-state index in [1.165, 1.54) is 24.3 Å². The highest BCUT2D eigenvalue weighted by atomic mass is 19.1. The van der Waals surface area contributed by atoms with Gasteiger partial charge in [-0.05, 0) is 24.3 Å². The van der Waals surface area contributed by atoms with Crippen molar-refractivity contribution in [2.75, 3.05) is 0 Å². The average molecular weight is 276 g/mol. The van der Waals surface area contributed by atoms with Crippen molar-refractivity contribution in [2.45, 2.75) is 0 Å². The largest absolute Gasteiger partial charge is 0.449 e. The summed E-state index contributed by atoms with van der Waals surface area (Å²) >= 11 is 0. The van der Waals surface area contributed by atoms with Crippen LogP contribution in [0.3, 0.4) is 0 Å². The molecule has 2 N–H and O–H groups in total. The van der Waals surface area contributed by atoms with E-state index in [1.54, 1.807) is 12.1 Å². The molecule has 0 aliphatic carbocycles. The van der Waals surface area contributed by atoms with E-state index < -0.39 is 22.3 Å². The molecule has 0 aliphatic heterocycles. The summed E-state index contributed by atoms with van der Waals surface area (Å²) in [6, 6.07) is 9.39. The molecule has 102 valence electrons. The maximum Gasteiger partial charge on any atom is 0.346 e. The minimum Gasteiger partial charge on any atom is -0.449 e. The smallest absolute Gasteiger partial charge is 0.346 e. The molecule has 0 fully saturated rings. The van der Waals surface area contributed by atoms with Crippen LogP contribution in [0, 0.1) is 15.9 Å². The zero-order valence-corrected chi connectivity index (χ0v) is 10.1. The maximum absolute atomic E-state index is 13.4. The van der Waals surface area contributed by atoms with E-state index in [1.807, 2.05) is 0 Å². The topological polar surface area (TPSA) is 95.5 Å². The molecule has 7 heteroatoms. The minimum absolute atomic E-state index is 0.0219. The lowest BCUT2D eigenvalue weighted by Gasteiger charge is -2.09. The summed E-state index contributed by atoms with van der Waals surface area (Å²) in [6.07, 6.45) is 0. The quantitative estimate of drug-likeness (QED) is 0.685. The second kappa shape index (κ2) is 5.35. The van der Waals surface area contributed by atoms with Gasteiger partial charge in [-0.2, -0.15) is 4.39 Å². The molecule has 0 aromatic heterocycles. The molecule has 2 aromatic rings. The number of carbonyl (C=O) groups excluding carboxylic acids is 1. The first-order chi connectivity index (χ1) is 9.50. The number of benzene rings is 2. The number of nitrogens with two attached hydrogens (primary N) is 1. The molecule has 20 heavy (non-hydrogen) atoms. The third-order valence-corrected chi connectivity index (χ3v) is 2.50. The fourth-order valence-corrected chi connectivity index (χ4v) is 1.63. The number of hydrogen-bond donors (Lipinski definition) is 1. The molecule has 0 radical (unpaired) electrons. The lowest BCUT2D eigenvalue weighted by molar-refractivity contribution is -0.388. The van der Waals surface area contributed by atoms with Gasteiger partial charge in [-0.25, -0.2) is 0 Å². The first-order valence-electron chi connectivity index (χ1n) is 5.50. The van der Waals surface area contributed by atoms with Gasteiger partial charge in [0, 0.05) is 0 Å². The number of halogens is 1. The summed E-state index contributed by atoms with van der Waals surface area (Å²) in [6.45, 7) is 0. The third-order valence-electron chi connectivity index (χ3n) is 2.50. The van der Waals surface area contributed by atoms with E-state index in [2.05, 4.69) is 0 Å². The highest BCUT2D eigenvalue weighted by Crippen LogP contribution is 2.34. The van der Waals surface area contributed by atoms with Crippen molar-refractivity contribution in [3.63, 3.8) is 0 Å². The van der Waals surface area contributed by atoms with Crippen LogP contribution in [0.4, 0.5) is 10.1 Å². The highest BCUT2D eigenvalue weighted by molar-refractivity contribution is 5.95. The molecule has 0 unspecified atom stereocenters. The summed E-state index contributed by atoms with van der Waals surface area (Å²) in [7, 11) is 0. The summed E-state index contributed by atoms with van der Waals surface area (Å²) < 4.78 is 18.7.